The highest BCUT2D eigenvalue weighted by Gasteiger charge is 2.34. The second-order valence-corrected chi connectivity index (χ2v) is 7.64. The van der Waals surface area contributed by atoms with Crippen molar-refractivity contribution in [2.45, 2.75) is 13.0 Å². The second kappa shape index (κ2) is 11.1. The molecule has 2 aromatic rings. The third kappa shape index (κ3) is 6.42. The number of ether oxygens (including phenoxy) is 2. The van der Waals surface area contributed by atoms with Crippen molar-refractivity contribution in [2.75, 3.05) is 19.7 Å². The van der Waals surface area contributed by atoms with Gasteiger partial charge in [0.25, 0.3) is 17.1 Å². The Hall–Kier alpha value is -3.66. The normalized spacial score (nSPS) is 15.5. The fourth-order valence-corrected chi connectivity index (χ4v) is 3.53. The number of nitrogens with zero attached hydrogens (tertiary/aromatic N) is 2. The van der Waals surface area contributed by atoms with Crippen molar-refractivity contribution in [2.24, 2.45) is 0 Å². The molecule has 1 atom stereocenters. The summed E-state index contributed by atoms with van der Waals surface area (Å²) in [6.45, 7) is 1.06. The van der Waals surface area contributed by atoms with Crippen LogP contribution in [0.2, 0.25) is 0 Å². The van der Waals surface area contributed by atoms with E-state index in [4.69, 9.17) is 9.47 Å². The lowest BCUT2D eigenvalue weighted by molar-refractivity contribution is -0.154. The van der Waals surface area contributed by atoms with E-state index in [1.165, 1.54) is 6.92 Å². The maximum Gasteiger partial charge on any atom is 0.347 e. The highest BCUT2D eigenvalue weighted by molar-refractivity contribution is 8.18. The number of pyridine rings is 1. The van der Waals surface area contributed by atoms with Gasteiger partial charge in [-0.3, -0.25) is 24.3 Å². The minimum absolute atomic E-state index is 0.00224. The molecule has 1 fully saturated rings. The van der Waals surface area contributed by atoms with Gasteiger partial charge < -0.3 is 14.8 Å². The van der Waals surface area contributed by atoms with Gasteiger partial charge in [-0.05, 0) is 48.5 Å². The van der Waals surface area contributed by atoms with Crippen LogP contribution in [0.25, 0.3) is 6.08 Å². The fraction of sp³-hybridized carbons (Fsp3) is 0.227. The molecule has 0 bridgehead atoms. The van der Waals surface area contributed by atoms with E-state index in [-0.39, 0.29) is 18.0 Å². The quantitative estimate of drug-likeness (QED) is 0.452. The summed E-state index contributed by atoms with van der Waals surface area (Å²) in [6.07, 6.45) is 3.91. The van der Waals surface area contributed by atoms with Crippen LogP contribution in [0.15, 0.2) is 59.8 Å². The molecule has 0 saturated carbocycles. The van der Waals surface area contributed by atoms with Crippen LogP contribution in [-0.4, -0.2) is 58.7 Å². The summed E-state index contributed by atoms with van der Waals surface area (Å²) in [5.74, 6) is -1.16. The molecule has 3 amide bonds. The summed E-state index contributed by atoms with van der Waals surface area (Å²) in [5.41, 5.74) is 0.707. The number of rotatable bonds is 9. The Morgan fingerprint density at radius 2 is 1.97 bits per heavy atom. The third-order valence-electron chi connectivity index (χ3n) is 4.25. The molecule has 1 unspecified atom stereocenters. The first-order valence-corrected chi connectivity index (χ1v) is 10.6. The van der Waals surface area contributed by atoms with Crippen LogP contribution in [0.5, 0.6) is 5.75 Å². The lowest BCUT2D eigenvalue weighted by atomic mass is 10.2. The molecule has 1 aliphatic rings. The number of carbonyl (C=O) groups is 4. The number of imide groups is 1. The molecule has 10 heteroatoms. The molecule has 1 aromatic carbocycles. The second-order valence-electron chi connectivity index (χ2n) is 6.65. The predicted molar refractivity (Wildman–Crippen MR) is 117 cm³/mol. The maximum absolute atomic E-state index is 12.4. The molecular formula is C22H21N3O6S. The van der Waals surface area contributed by atoms with E-state index in [1.54, 1.807) is 54.9 Å². The van der Waals surface area contributed by atoms with E-state index in [9.17, 15) is 19.2 Å². The van der Waals surface area contributed by atoms with Gasteiger partial charge in [-0.25, -0.2) is 4.79 Å². The minimum atomic E-state index is -0.882. The lowest BCUT2D eigenvalue weighted by Gasteiger charge is -2.15. The Balaban J connectivity index is 1.40. The molecular weight excluding hydrogens is 434 g/mol. The summed E-state index contributed by atoms with van der Waals surface area (Å²) in [4.78, 5) is 53.8. The van der Waals surface area contributed by atoms with Crippen molar-refractivity contribution in [3.63, 3.8) is 0 Å². The van der Waals surface area contributed by atoms with Crippen LogP contribution in [0.3, 0.4) is 0 Å². The molecule has 0 aliphatic carbocycles. The zero-order chi connectivity index (χ0) is 22.9. The predicted octanol–water partition coefficient (Wildman–Crippen LogP) is 2.24. The van der Waals surface area contributed by atoms with Gasteiger partial charge in [-0.15, -0.1) is 0 Å². The summed E-state index contributed by atoms with van der Waals surface area (Å²) < 4.78 is 10.4. The van der Waals surface area contributed by atoms with Gasteiger partial charge >= 0.3 is 5.97 Å². The highest BCUT2D eigenvalue weighted by Crippen LogP contribution is 2.31. The van der Waals surface area contributed by atoms with E-state index in [0.717, 1.165) is 16.7 Å². The SMILES string of the molecule is CC(Oc1ccccc1)C(=O)OCC(=O)NCCN1C(=O)S/C(=C\c2cccnc2)C1=O. The molecule has 1 aliphatic heterocycles. The fourth-order valence-electron chi connectivity index (χ4n) is 2.67. The van der Waals surface area contributed by atoms with Crippen LogP contribution in [-0.2, 0) is 19.1 Å². The van der Waals surface area contributed by atoms with Crippen LogP contribution in [0, 0.1) is 0 Å². The van der Waals surface area contributed by atoms with Crippen LogP contribution < -0.4 is 10.1 Å². The van der Waals surface area contributed by atoms with Crippen molar-refractivity contribution < 1.29 is 28.7 Å². The molecule has 2 heterocycles. The van der Waals surface area contributed by atoms with Gasteiger partial charge in [0, 0.05) is 25.5 Å². The first kappa shape index (κ1) is 23.0. The van der Waals surface area contributed by atoms with Crippen LogP contribution in [0.1, 0.15) is 12.5 Å². The summed E-state index contributed by atoms with van der Waals surface area (Å²) in [6, 6.07) is 12.3. The largest absolute Gasteiger partial charge is 0.479 e. The van der Waals surface area contributed by atoms with Crippen molar-refractivity contribution >= 4 is 40.9 Å². The van der Waals surface area contributed by atoms with Crippen LogP contribution >= 0.6 is 11.8 Å². The minimum Gasteiger partial charge on any atom is -0.479 e. The van der Waals surface area contributed by atoms with E-state index < -0.39 is 35.7 Å². The molecule has 1 saturated heterocycles. The number of hydrogen-bond donors (Lipinski definition) is 1. The highest BCUT2D eigenvalue weighted by atomic mass is 32.2. The lowest BCUT2D eigenvalue weighted by Crippen LogP contribution is -2.39. The molecule has 9 nitrogen and oxygen atoms in total. The van der Waals surface area contributed by atoms with E-state index in [0.29, 0.717) is 11.3 Å². The van der Waals surface area contributed by atoms with E-state index in [1.807, 2.05) is 6.07 Å². The number of thioether (sulfide) groups is 1. The number of benzene rings is 1. The molecule has 0 radical (unpaired) electrons. The number of carbonyl (C=O) groups excluding carboxylic acids is 4. The molecule has 166 valence electrons. The van der Waals surface area contributed by atoms with Gasteiger partial charge in [0.15, 0.2) is 12.7 Å². The topological polar surface area (TPSA) is 115 Å². The number of para-hydroxylation sites is 1. The first-order chi connectivity index (χ1) is 15.4. The van der Waals surface area contributed by atoms with E-state index in [2.05, 4.69) is 10.3 Å². The standard InChI is InChI=1S/C22H21N3O6S/c1-15(31-17-7-3-2-4-8-17)21(28)30-14-19(26)24-10-11-25-20(27)18(32-22(25)29)12-16-6-5-9-23-13-16/h2-9,12-13,15H,10-11,14H2,1H3,(H,24,26)/b18-12-. The first-order valence-electron chi connectivity index (χ1n) is 9.74. The summed E-state index contributed by atoms with van der Waals surface area (Å²) in [7, 11) is 0. The van der Waals surface area contributed by atoms with Crippen LogP contribution in [0.4, 0.5) is 4.79 Å². The molecule has 0 spiro atoms. The summed E-state index contributed by atoms with van der Waals surface area (Å²) >= 11 is 0.828. The third-order valence-corrected chi connectivity index (χ3v) is 5.15. The number of esters is 1. The average Bonchev–Trinajstić information content (AvgIpc) is 3.06. The molecule has 1 N–H and O–H groups in total. The number of amides is 3. The van der Waals surface area contributed by atoms with E-state index >= 15 is 0 Å². The van der Waals surface area contributed by atoms with Gasteiger partial charge in [-0.1, -0.05) is 24.3 Å². The molecule has 32 heavy (non-hydrogen) atoms. The number of hydrogen-bond acceptors (Lipinski definition) is 8. The van der Waals surface area contributed by atoms with Crippen molar-refractivity contribution in [1.82, 2.24) is 15.2 Å². The molecule has 1 aromatic heterocycles. The summed E-state index contributed by atoms with van der Waals surface area (Å²) in [5, 5.41) is 2.10. The Morgan fingerprint density at radius 1 is 1.19 bits per heavy atom. The van der Waals surface area contributed by atoms with Crippen molar-refractivity contribution in [3.8, 4) is 5.75 Å². The smallest absolute Gasteiger partial charge is 0.347 e. The Kier molecular flexibility index (Phi) is 7.98. The van der Waals surface area contributed by atoms with Gasteiger partial charge in [-0.2, -0.15) is 0 Å². The van der Waals surface area contributed by atoms with Gasteiger partial charge in [0.05, 0.1) is 4.91 Å². The maximum atomic E-state index is 12.4. The Labute approximate surface area is 188 Å². The Bertz CT molecular complexity index is 1010. The van der Waals surface area contributed by atoms with Gasteiger partial charge in [0.2, 0.25) is 0 Å². The number of nitrogens with one attached hydrogen (secondary N) is 1. The number of aromatic nitrogens is 1. The zero-order valence-corrected chi connectivity index (χ0v) is 18.0. The van der Waals surface area contributed by atoms with Crippen molar-refractivity contribution in [1.29, 1.82) is 0 Å². The van der Waals surface area contributed by atoms with Crippen molar-refractivity contribution in [3.05, 3.63) is 65.3 Å². The average molecular weight is 455 g/mol. The van der Waals surface area contributed by atoms with Gasteiger partial charge in [0.1, 0.15) is 5.75 Å². The zero-order valence-electron chi connectivity index (χ0n) is 17.2. The Morgan fingerprint density at radius 3 is 2.69 bits per heavy atom. The molecule has 3 rings (SSSR count). The monoisotopic (exact) mass is 455 g/mol.